The first-order valence-corrected chi connectivity index (χ1v) is 4.19. The van der Waals surface area contributed by atoms with Gasteiger partial charge in [-0.25, -0.2) is 0 Å². The Labute approximate surface area is 81.6 Å². The molecule has 1 aromatic heterocycles. The van der Waals surface area contributed by atoms with E-state index in [4.69, 9.17) is 0 Å². The highest BCUT2D eigenvalue weighted by atomic mass is 16.2. The molecule has 1 aromatic rings. The molecule has 0 saturated heterocycles. The van der Waals surface area contributed by atoms with Gasteiger partial charge in [0.1, 0.15) is 5.78 Å². The third-order valence-electron chi connectivity index (χ3n) is 1.49. The largest absolute Gasteiger partial charge is 0.350 e. The molecule has 0 aliphatic heterocycles. The smallest absolute Gasteiger partial charge is 0.227 e. The fourth-order valence-electron chi connectivity index (χ4n) is 0.899. The Kier molecular flexibility index (Phi) is 3.72. The van der Waals surface area contributed by atoms with Crippen LogP contribution >= 0.6 is 0 Å². The van der Waals surface area contributed by atoms with Gasteiger partial charge in [0.2, 0.25) is 5.91 Å². The molecule has 14 heavy (non-hydrogen) atoms. The molecule has 0 spiro atoms. The number of Topliss-reactive ketones (excluding diaryl/α,β-unsaturated/α-hetero) is 1. The predicted octanol–water partition coefficient (Wildman–Crippen LogP) is 0.0719. The van der Waals surface area contributed by atoms with Gasteiger partial charge >= 0.3 is 0 Å². The van der Waals surface area contributed by atoms with Crippen molar-refractivity contribution in [3.05, 3.63) is 24.3 Å². The van der Waals surface area contributed by atoms with Crippen molar-refractivity contribution >= 4 is 11.7 Å². The Hall–Kier alpha value is -1.78. The van der Waals surface area contributed by atoms with Gasteiger partial charge in [-0.2, -0.15) is 0 Å². The first-order chi connectivity index (χ1) is 6.68. The van der Waals surface area contributed by atoms with Gasteiger partial charge in [0.25, 0.3) is 0 Å². The lowest BCUT2D eigenvalue weighted by Crippen LogP contribution is -2.24. The number of amides is 1. The average Bonchev–Trinajstić information content (AvgIpc) is 2.15. The van der Waals surface area contributed by atoms with Crippen molar-refractivity contribution in [1.82, 2.24) is 15.3 Å². The van der Waals surface area contributed by atoms with Crippen molar-refractivity contribution in [2.45, 2.75) is 19.9 Å². The van der Waals surface area contributed by atoms with E-state index < -0.39 is 0 Å². The second-order valence-corrected chi connectivity index (χ2v) is 2.85. The molecule has 0 bridgehead atoms. The second kappa shape index (κ2) is 5.06. The number of rotatable bonds is 4. The summed E-state index contributed by atoms with van der Waals surface area (Å²) in [6, 6.07) is 0. The maximum atomic E-state index is 11.0. The fraction of sp³-hybridized carbons (Fsp3) is 0.333. The molecule has 0 aromatic carbocycles. The van der Waals surface area contributed by atoms with E-state index in [1.54, 1.807) is 18.6 Å². The quantitative estimate of drug-likeness (QED) is 0.687. The Morgan fingerprint density at radius 2 is 2.21 bits per heavy atom. The lowest BCUT2D eigenvalue weighted by Gasteiger charge is -2.01. The van der Waals surface area contributed by atoms with E-state index in [2.05, 4.69) is 15.3 Å². The van der Waals surface area contributed by atoms with E-state index in [9.17, 15) is 9.59 Å². The molecular weight excluding hydrogens is 182 g/mol. The van der Waals surface area contributed by atoms with E-state index in [-0.39, 0.29) is 18.1 Å². The topological polar surface area (TPSA) is 72.0 Å². The number of carbonyl (C=O) groups is 2. The minimum Gasteiger partial charge on any atom is -0.350 e. The third-order valence-corrected chi connectivity index (χ3v) is 1.49. The Balaban J connectivity index is 2.34. The summed E-state index contributed by atoms with van der Waals surface area (Å²) in [5, 5.41) is 2.57. The number of nitrogens with one attached hydrogen (secondary N) is 1. The molecule has 1 rings (SSSR count). The Morgan fingerprint density at radius 1 is 1.43 bits per heavy atom. The van der Waals surface area contributed by atoms with Crippen LogP contribution in [0.25, 0.3) is 0 Å². The molecule has 74 valence electrons. The monoisotopic (exact) mass is 193 g/mol. The normalized spacial score (nSPS) is 9.50. The van der Waals surface area contributed by atoms with E-state index in [0.29, 0.717) is 12.2 Å². The minimum absolute atomic E-state index is 0.0831. The summed E-state index contributed by atoms with van der Waals surface area (Å²) in [6.45, 7) is 1.68. The van der Waals surface area contributed by atoms with E-state index in [1.807, 2.05) is 0 Å². The van der Waals surface area contributed by atoms with Crippen LogP contribution in [-0.2, 0) is 16.1 Å². The van der Waals surface area contributed by atoms with Gasteiger partial charge in [-0.15, -0.1) is 0 Å². The molecule has 0 aliphatic carbocycles. The molecule has 0 aliphatic rings. The molecular formula is C9H11N3O2. The fourth-order valence-corrected chi connectivity index (χ4v) is 0.899. The van der Waals surface area contributed by atoms with Crippen molar-refractivity contribution in [3.8, 4) is 0 Å². The highest BCUT2D eigenvalue weighted by Crippen LogP contribution is 1.89. The van der Waals surface area contributed by atoms with E-state index in [0.717, 1.165) is 0 Å². The third kappa shape index (κ3) is 3.75. The van der Waals surface area contributed by atoms with Crippen molar-refractivity contribution in [1.29, 1.82) is 0 Å². The average molecular weight is 193 g/mol. The van der Waals surface area contributed by atoms with Crippen LogP contribution < -0.4 is 5.32 Å². The van der Waals surface area contributed by atoms with Crippen LogP contribution in [0.3, 0.4) is 0 Å². The first-order valence-electron chi connectivity index (χ1n) is 4.19. The number of ketones is 1. The molecule has 0 fully saturated rings. The molecule has 1 heterocycles. The van der Waals surface area contributed by atoms with Crippen LogP contribution in [0.2, 0.25) is 0 Å². The predicted molar refractivity (Wildman–Crippen MR) is 49.2 cm³/mol. The molecule has 5 heteroatoms. The second-order valence-electron chi connectivity index (χ2n) is 2.85. The van der Waals surface area contributed by atoms with Crippen LogP contribution in [0.4, 0.5) is 0 Å². The van der Waals surface area contributed by atoms with Crippen LogP contribution in [0.1, 0.15) is 19.0 Å². The SMILES string of the molecule is CC(=O)CC(=O)NCc1cnccn1. The number of carbonyl (C=O) groups excluding carboxylic acids is 2. The van der Waals surface area contributed by atoms with E-state index in [1.165, 1.54) is 6.92 Å². The summed E-state index contributed by atoms with van der Waals surface area (Å²) >= 11 is 0. The number of hydrogen-bond donors (Lipinski definition) is 1. The molecule has 0 radical (unpaired) electrons. The minimum atomic E-state index is -0.289. The van der Waals surface area contributed by atoms with Gasteiger partial charge in [0, 0.05) is 12.4 Å². The van der Waals surface area contributed by atoms with Crippen LogP contribution in [0.5, 0.6) is 0 Å². The molecule has 0 saturated carbocycles. The summed E-state index contributed by atoms with van der Waals surface area (Å²) in [5.74, 6) is -0.440. The lowest BCUT2D eigenvalue weighted by atomic mass is 10.3. The van der Waals surface area contributed by atoms with Gasteiger partial charge in [-0.3, -0.25) is 19.6 Å². The van der Waals surface area contributed by atoms with Gasteiger partial charge in [0.05, 0.1) is 24.9 Å². The zero-order valence-electron chi connectivity index (χ0n) is 7.86. The summed E-state index contributed by atoms with van der Waals surface area (Å²) in [6.07, 6.45) is 4.58. The summed E-state index contributed by atoms with van der Waals surface area (Å²) in [4.78, 5) is 29.4. The Bertz CT molecular complexity index is 324. The highest BCUT2D eigenvalue weighted by molar-refractivity contribution is 5.96. The maximum Gasteiger partial charge on any atom is 0.227 e. The van der Waals surface area contributed by atoms with Gasteiger partial charge in [-0.05, 0) is 6.92 Å². The number of aromatic nitrogens is 2. The molecule has 1 amide bonds. The van der Waals surface area contributed by atoms with Gasteiger partial charge in [0.15, 0.2) is 0 Å². The number of nitrogens with zero attached hydrogens (tertiary/aromatic N) is 2. The zero-order chi connectivity index (χ0) is 10.4. The highest BCUT2D eigenvalue weighted by Gasteiger charge is 2.04. The first kappa shape index (κ1) is 10.3. The molecule has 0 atom stereocenters. The summed E-state index contributed by atoms with van der Waals surface area (Å²) in [7, 11) is 0. The van der Waals surface area contributed by atoms with Crippen LogP contribution in [-0.4, -0.2) is 21.7 Å². The maximum absolute atomic E-state index is 11.0. The van der Waals surface area contributed by atoms with Gasteiger partial charge < -0.3 is 5.32 Å². The molecule has 0 unspecified atom stereocenters. The lowest BCUT2D eigenvalue weighted by molar-refractivity contribution is -0.127. The summed E-state index contributed by atoms with van der Waals surface area (Å²) in [5.41, 5.74) is 0.671. The van der Waals surface area contributed by atoms with E-state index >= 15 is 0 Å². The van der Waals surface area contributed by atoms with Crippen molar-refractivity contribution in [2.75, 3.05) is 0 Å². The van der Waals surface area contributed by atoms with Crippen molar-refractivity contribution < 1.29 is 9.59 Å². The zero-order valence-corrected chi connectivity index (χ0v) is 7.86. The number of hydrogen-bond acceptors (Lipinski definition) is 4. The summed E-state index contributed by atoms with van der Waals surface area (Å²) < 4.78 is 0. The van der Waals surface area contributed by atoms with Crippen LogP contribution in [0.15, 0.2) is 18.6 Å². The standard InChI is InChI=1S/C9H11N3O2/c1-7(13)4-9(14)12-6-8-5-10-2-3-11-8/h2-3,5H,4,6H2,1H3,(H,12,14). The van der Waals surface area contributed by atoms with Crippen molar-refractivity contribution in [2.24, 2.45) is 0 Å². The molecule has 5 nitrogen and oxygen atoms in total. The van der Waals surface area contributed by atoms with Crippen molar-refractivity contribution in [3.63, 3.8) is 0 Å². The Morgan fingerprint density at radius 3 is 2.79 bits per heavy atom. The molecule has 1 N–H and O–H groups in total. The van der Waals surface area contributed by atoms with Crippen LogP contribution in [0, 0.1) is 0 Å². The van der Waals surface area contributed by atoms with Gasteiger partial charge in [-0.1, -0.05) is 0 Å².